The second kappa shape index (κ2) is 5.18. The summed E-state index contributed by atoms with van der Waals surface area (Å²) in [6, 6.07) is 11.6. The second-order valence-corrected chi connectivity index (χ2v) is 4.62. The van der Waals surface area contributed by atoms with Crippen molar-refractivity contribution >= 4 is 5.69 Å². The van der Waals surface area contributed by atoms with Gasteiger partial charge in [-0.25, -0.2) is 0 Å². The van der Waals surface area contributed by atoms with Gasteiger partial charge in [-0.3, -0.25) is 4.98 Å². The fourth-order valence-corrected chi connectivity index (χ4v) is 2.10. The minimum absolute atomic E-state index is 0.0780. The monoisotopic (exact) mass is 256 g/mol. The third-order valence-electron chi connectivity index (χ3n) is 3.14. The molecule has 4 nitrogen and oxygen atoms in total. The van der Waals surface area contributed by atoms with Gasteiger partial charge >= 0.3 is 0 Å². The Morgan fingerprint density at radius 3 is 2.79 bits per heavy atom. The van der Waals surface area contributed by atoms with Crippen molar-refractivity contribution in [3.8, 4) is 11.5 Å². The number of nitrogen functional groups attached to an aromatic ring is 1. The van der Waals surface area contributed by atoms with Gasteiger partial charge in [0.2, 0.25) is 0 Å². The molecule has 1 atom stereocenters. The normalized spacial score (nSPS) is 17.2. The average Bonchev–Trinajstić information content (AvgIpc) is 2.46. The zero-order valence-corrected chi connectivity index (χ0v) is 10.6. The molecular weight excluding hydrogens is 240 g/mol. The van der Waals surface area contributed by atoms with E-state index in [-0.39, 0.29) is 6.10 Å². The lowest BCUT2D eigenvalue weighted by Gasteiger charge is -2.26. The molecule has 0 bridgehead atoms. The van der Waals surface area contributed by atoms with Crippen LogP contribution in [0.4, 0.5) is 5.69 Å². The average molecular weight is 256 g/mol. The van der Waals surface area contributed by atoms with Crippen LogP contribution in [-0.2, 0) is 6.42 Å². The molecule has 0 spiro atoms. The number of aryl methyl sites for hydroxylation is 1. The van der Waals surface area contributed by atoms with Crippen LogP contribution in [0.5, 0.6) is 11.5 Å². The number of ether oxygens (including phenoxy) is 2. The summed E-state index contributed by atoms with van der Waals surface area (Å²) in [5, 5.41) is 0. The van der Waals surface area contributed by atoms with E-state index in [1.54, 1.807) is 6.20 Å². The van der Waals surface area contributed by atoms with Gasteiger partial charge in [0, 0.05) is 5.69 Å². The molecule has 1 aliphatic rings. The van der Waals surface area contributed by atoms with E-state index in [2.05, 4.69) is 4.98 Å². The first-order chi connectivity index (χ1) is 9.31. The minimum atomic E-state index is 0.0780. The second-order valence-electron chi connectivity index (χ2n) is 4.62. The van der Waals surface area contributed by atoms with Gasteiger partial charge in [0.1, 0.15) is 12.7 Å². The molecule has 2 aromatic rings. The molecular formula is C15H16N2O2. The Hall–Kier alpha value is -2.23. The molecule has 1 aromatic heterocycles. The summed E-state index contributed by atoms with van der Waals surface area (Å²) in [6.45, 7) is 0.589. The first kappa shape index (κ1) is 11.8. The number of pyridine rings is 1. The van der Waals surface area contributed by atoms with Crippen molar-refractivity contribution < 1.29 is 9.47 Å². The van der Waals surface area contributed by atoms with Gasteiger partial charge in [-0.2, -0.15) is 0 Å². The van der Waals surface area contributed by atoms with Gasteiger partial charge < -0.3 is 15.2 Å². The Morgan fingerprint density at radius 1 is 1.16 bits per heavy atom. The topological polar surface area (TPSA) is 57.4 Å². The van der Waals surface area contributed by atoms with Gasteiger partial charge in [0.25, 0.3) is 0 Å². The number of nitrogens with two attached hydrogens (primary N) is 1. The summed E-state index contributed by atoms with van der Waals surface area (Å²) in [7, 11) is 0. The van der Waals surface area contributed by atoms with E-state index in [4.69, 9.17) is 15.2 Å². The van der Waals surface area contributed by atoms with E-state index in [1.165, 1.54) is 0 Å². The largest absolute Gasteiger partial charge is 0.486 e. The first-order valence-corrected chi connectivity index (χ1v) is 6.40. The van der Waals surface area contributed by atoms with E-state index in [0.29, 0.717) is 12.3 Å². The zero-order valence-electron chi connectivity index (χ0n) is 10.6. The van der Waals surface area contributed by atoms with Crippen molar-refractivity contribution in [2.24, 2.45) is 0 Å². The van der Waals surface area contributed by atoms with Crippen molar-refractivity contribution in [2.45, 2.75) is 18.9 Å². The Kier molecular flexibility index (Phi) is 3.23. The molecule has 0 unspecified atom stereocenters. The van der Waals surface area contributed by atoms with Crippen LogP contribution in [0, 0.1) is 0 Å². The quantitative estimate of drug-likeness (QED) is 0.916. The van der Waals surface area contributed by atoms with Crippen LogP contribution in [0.15, 0.2) is 42.6 Å². The minimum Gasteiger partial charge on any atom is -0.486 e. The number of rotatable bonds is 3. The van der Waals surface area contributed by atoms with Crippen LogP contribution in [0.25, 0.3) is 0 Å². The summed E-state index contributed by atoms with van der Waals surface area (Å²) in [6.07, 6.45) is 3.50. The van der Waals surface area contributed by atoms with E-state index in [1.807, 2.05) is 36.4 Å². The van der Waals surface area contributed by atoms with Crippen molar-refractivity contribution in [1.82, 2.24) is 4.98 Å². The molecule has 19 heavy (non-hydrogen) atoms. The molecule has 3 rings (SSSR count). The number of fused-ring (bicyclic) bond motifs is 1. The van der Waals surface area contributed by atoms with Gasteiger partial charge in [-0.1, -0.05) is 12.1 Å². The number of hydrogen-bond acceptors (Lipinski definition) is 4. The molecule has 2 N–H and O–H groups in total. The van der Waals surface area contributed by atoms with Gasteiger partial charge in [-0.15, -0.1) is 0 Å². The zero-order chi connectivity index (χ0) is 13.1. The highest BCUT2D eigenvalue weighted by Crippen LogP contribution is 2.31. The maximum atomic E-state index is 5.90. The maximum absolute atomic E-state index is 5.90. The maximum Gasteiger partial charge on any atom is 0.161 e. The molecule has 4 heteroatoms. The van der Waals surface area contributed by atoms with Gasteiger partial charge in [0.15, 0.2) is 11.5 Å². The van der Waals surface area contributed by atoms with Crippen molar-refractivity contribution in [3.05, 3.63) is 48.3 Å². The molecule has 0 amide bonds. The van der Waals surface area contributed by atoms with Crippen LogP contribution in [0.2, 0.25) is 0 Å². The number of benzene rings is 1. The number of hydrogen-bond donors (Lipinski definition) is 1. The highest BCUT2D eigenvalue weighted by atomic mass is 16.6. The van der Waals surface area contributed by atoms with E-state index >= 15 is 0 Å². The van der Waals surface area contributed by atoms with Crippen LogP contribution >= 0.6 is 0 Å². The summed E-state index contributed by atoms with van der Waals surface area (Å²) in [5.41, 5.74) is 7.33. The van der Waals surface area contributed by atoms with Crippen LogP contribution in [-0.4, -0.2) is 17.7 Å². The molecule has 0 saturated carbocycles. The Balaban J connectivity index is 1.59. The Labute approximate surface area is 112 Å². The summed E-state index contributed by atoms with van der Waals surface area (Å²) >= 11 is 0. The molecule has 0 fully saturated rings. The molecule has 0 saturated heterocycles. The van der Waals surface area contributed by atoms with Crippen molar-refractivity contribution in [1.29, 1.82) is 0 Å². The van der Waals surface area contributed by atoms with Crippen molar-refractivity contribution in [3.63, 3.8) is 0 Å². The standard InChI is InChI=1S/C15H16N2O2/c16-11-5-6-12(17-9-11)7-8-13-10-18-14-3-1-2-4-15(14)19-13/h1-6,9,13H,7-8,10,16H2/t13-/m0/s1. The van der Waals surface area contributed by atoms with E-state index < -0.39 is 0 Å². The summed E-state index contributed by atoms with van der Waals surface area (Å²) in [5.74, 6) is 1.65. The Morgan fingerprint density at radius 2 is 2.00 bits per heavy atom. The smallest absolute Gasteiger partial charge is 0.161 e. The number of nitrogens with zero attached hydrogens (tertiary/aromatic N) is 1. The number of anilines is 1. The van der Waals surface area contributed by atoms with Crippen molar-refractivity contribution in [2.75, 3.05) is 12.3 Å². The van der Waals surface area contributed by atoms with E-state index in [0.717, 1.165) is 30.0 Å². The molecule has 1 aliphatic heterocycles. The number of aromatic nitrogens is 1. The van der Waals surface area contributed by atoms with Crippen LogP contribution in [0.3, 0.4) is 0 Å². The van der Waals surface area contributed by atoms with Crippen LogP contribution in [0.1, 0.15) is 12.1 Å². The summed E-state index contributed by atoms with van der Waals surface area (Å²) in [4.78, 5) is 4.29. The first-order valence-electron chi connectivity index (χ1n) is 6.40. The third kappa shape index (κ3) is 2.78. The molecule has 0 aliphatic carbocycles. The predicted octanol–water partition coefficient (Wildman–Crippen LogP) is 2.44. The molecule has 2 heterocycles. The van der Waals surface area contributed by atoms with Crippen LogP contribution < -0.4 is 15.2 Å². The fourth-order valence-electron chi connectivity index (χ4n) is 2.10. The lowest BCUT2D eigenvalue weighted by Crippen LogP contribution is -2.29. The van der Waals surface area contributed by atoms with E-state index in [9.17, 15) is 0 Å². The predicted molar refractivity (Wildman–Crippen MR) is 73.3 cm³/mol. The molecule has 1 aromatic carbocycles. The SMILES string of the molecule is Nc1ccc(CC[C@H]2COc3ccccc3O2)nc1. The lowest BCUT2D eigenvalue weighted by atomic mass is 10.1. The Bertz CT molecular complexity index is 554. The number of para-hydroxylation sites is 2. The van der Waals surface area contributed by atoms with Gasteiger partial charge in [0.05, 0.1) is 11.9 Å². The fraction of sp³-hybridized carbons (Fsp3) is 0.267. The highest BCUT2D eigenvalue weighted by Gasteiger charge is 2.20. The summed E-state index contributed by atoms with van der Waals surface area (Å²) < 4.78 is 11.6. The third-order valence-corrected chi connectivity index (χ3v) is 3.14. The highest BCUT2D eigenvalue weighted by molar-refractivity contribution is 5.40. The lowest BCUT2D eigenvalue weighted by molar-refractivity contribution is 0.0849. The molecule has 98 valence electrons. The van der Waals surface area contributed by atoms with Gasteiger partial charge in [-0.05, 0) is 37.1 Å². The molecule has 0 radical (unpaired) electrons.